The molecule has 41 heavy (non-hydrogen) atoms. The van der Waals surface area contributed by atoms with E-state index in [-0.39, 0.29) is 18.3 Å². The van der Waals surface area contributed by atoms with Crippen LogP contribution in [0.5, 0.6) is 5.75 Å². The van der Waals surface area contributed by atoms with E-state index in [0.29, 0.717) is 22.8 Å². The molecule has 0 spiro atoms. The van der Waals surface area contributed by atoms with E-state index in [1.807, 2.05) is 39.0 Å². The van der Waals surface area contributed by atoms with E-state index in [0.717, 1.165) is 16.7 Å². The smallest absolute Gasteiger partial charge is 0.170 e. The molecule has 3 heterocycles. The van der Waals surface area contributed by atoms with Crippen molar-refractivity contribution >= 4 is 9.84 Å². The summed E-state index contributed by atoms with van der Waals surface area (Å²) in [5.74, 6) is 0.934. The Labute approximate surface area is 240 Å². The molecular formula is C29H36N6O5S. The summed E-state index contributed by atoms with van der Waals surface area (Å²) in [5.41, 5.74) is 2.71. The van der Waals surface area contributed by atoms with Crippen LogP contribution in [-0.4, -0.2) is 67.8 Å². The third kappa shape index (κ3) is 6.95. The first kappa shape index (κ1) is 30.2. The molecular weight excluding hydrogens is 544 g/mol. The van der Waals surface area contributed by atoms with Crippen molar-refractivity contribution in [1.29, 1.82) is 0 Å². The van der Waals surface area contributed by atoms with Crippen molar-refractivity contribution in [3.8, 4) is 22.8 Å². The van der Waals surface area contributed by atoms with Gasteiger partial charge < -0.3 is 14.6 Å². The van der Waals surface area contributed by atoms with Crippen molar-refractivity contribution in [2.45, 2.75) is 64.3 Å². The summed E-state index contributed by atoms with van der Waals surface area (Å²) >= 11 is 0. The lowest BCUT2D eigenvalue weighted by Crippen LogP contribution is -2.34. The lowest BCUT2D eigenvalue weighted by atomic mass is 10.1. The molecule has 3 aromatic heterocycles. The third-order valence-electron chi connectivity index (χ3n) is 6.50. The number of aromatic nitrogens is 6. The Bertz CT molecular complexity index is 1610. The maximum absolute atomic E-state index is 14.0. The Morgan fingerprint density at radius 1 is 1.02 bits per heavy atom. The molecule has 218 valence electrons. The molecule has 0 saturated carbocycles. The van der Waals surface area contributed by atoms with E-state index >= 15 is 0 Å². The monoisotopic (exact) mass is 580 g/mol. The zero-order valence-electron chi connectivity index (χ0n) is 24.4. The van der Waals surface area contributed by atoms with Crippen molar-refractivity contribution in [3.05, 3.63) is 77.4 Å². The summed E-state index contributed by atoms with van der Waals surface area (Å²) in [6, 6.07) is 7.48. The topological polar surface area (TPSA) is 142 Å². The molecule has 12 heteroatoms. The maximum Gasteiger partial charge on any atom is 0.170 e. The van der Waals surface area contributed by atoms with Crippen LogP contribution >= 0.6 is 0 Å². The second-order valence-electron chi connectivity index (χ2n) is 10.8. The zero-order chi connectivity index (χ0) is 29.9. The van der Waals surface area contributed by atoms with Gasteiger partial charge in [0.15, 0.2) is 27.3 Å². The fourth-order valence-corrected chi connectivity index (χ4v) is 5.74. The minimum Gasteiger partial charge on any atom is -0.495 e. The van der Waals surface area contributed by atoms with Crippen LogP contribution in [0.4, 0.5) is 0 Å². The number of nitrogens with zero attached hydrogens (tertiary/aromatic N) is 6. The van der Waals surface area contributed by atoms with E-state index in [4.69, 9.17) is 9.47 Å². The molecule has 11 nitrogen and oxygen atoms in total. The van der Waals surface area contributed by atoms with Crippen LogP contribution < -0.4 is 4.74 Å². The van der Waals surface area contributed by atoms with Crippen molar-refractivity contribution < 1.29 is 23.0 Å². The van der Waals surface area contributed by atoms with Gasteiger partial charge in [-0.3, -0.25) is 9.55 Å². The second kappa shape index (κ2) is 12.0. The number of hydrogen-bond donors (Lipinski definition) is 1. The molecule has 4 aromatic rings. The van der Waals surface area contributed by atoms with Gasteiger partial charge in [0.25, 0.3) is 0 Å². The SMILES string of the molecule is COc1cccc(C)c1-n1c(CS(=O)(=O)[C@@H](C)[C@@H](OCC(C)(C)O)c2ncc(C)cn2)nnc1-c1cncc(C)c1. The van der Waals surface area contributed by atoms with E-state index in [1.54, 1.807) is 63.3 Å². The molecule has 0 radical (unpaired) electrons. The van der Waals surface area contributed by atoms with Gasteiger partial charge in [0.05, 0.1) is 30.3 Å². The van der Waals surface area contributed by atoms with Crippen LogP contribution in [0.3, 0.4) is 0 Å². The van der Waals surface area contributed by atoms with Crippen molar-refractivity contribution in [3.63, 3.8) is 0 Å². The van der Waals surface area contributed by atoms with Gasteiger partial charge in [0, 0.05) is 30.4 Å². The summed E-state index contributed by atoms with van der Waals surface area (Å²) in [6.45, 7) is 10.3. The number of pyridine rings is 1. The summed E-state index contributed by atoms with van der Waals surface area (Å²) in [7, 11) is -2.39. The minimum atomic E-state index is -3.94. The first-order valence-corrected chi connectivity index (χ1v) is 14.9. The van der Waals surface area contributed by atoms with Gasteiger partial charge in [-0.1, -0.05) is 12.1 Å². The highest BCUT2D eigenvalue weighted by atomic mass is 32.2. The fourth-order valence-electron chi connectivity index (χ4n) is 4.36. The van der Waals surface area contributed by atoms with Crippen molar-refractivity contribution in [1.82, 2.24) is 29.7 Å². The van der Waals surface area contributed by atoms with Crippen molar-refractivity contribution in [2.75, 3.05) is 13.7 Å². The molecule has 0 fully saturated rings. The summed E-state index contributed by atoms with van der Waals surface area (Å²) in [6.07, 6.45) is 5.56. The Kier molecular flexibility index (Phi) is 8.86. The van der Waals surface area contributed by atoms with Crippen LogP contribution in [-0.2, 0) is 20.3 Å². The van der Waals surface area contributed by atoms with Crippen molar-refractivity contribution in [2.24, 2.45) is 0 Å². The van der Waals surface area contributed by atoms with Crippen LogP contribution in [0, 0.1) is 20.8 Å². The highest BCUT2D eigenvalue weighted by Crippen LogP contribution is 2.34. The molecule has 0 unspecified atom stereocenters. The molecule has 0 aliphatic heterocycles. The molecule has 1 N–H and O–H groups in total. The number of methoxy groups -OCH3 is 1. The third-order valence-corrected chi connectivity index (χ3v) is 8.54. The van der Waals surface area contributed by atoms with Crippen LogP contribution in [0.25, 0.3) is 17.1 Å². The van der Waals surface area contributed by atoms with E-state index < -0.39 is 32.5 Å². The van der Waals surface area contributed by atoms with Gasteiger partial charge in [0.2, 0.25) is 0 Å². The Balaban J connectivity index is 1.81. The number of para-hydroxylation sites is 1. The largest absolute Gasteiger partial charge is 0.495 e. The summed E-state index contributed by atoms with van der Waals surface area (Å²) in [5, 5.41) is 18.0. The zero-order valence-corrected chi connectivity index (χ0v) is 25.2. The molecule has 0 amide bonds. The van der Waals surface area contributed by atoms with Gasteiger partial charge in [-0.05, 0) is 70.4 Å². The highest BCUT2D eigenvalue weighted by molar-refractivity contribution is 7.91. The Morgan fingerprint density at radius 2 is 1.73 bits per heavy atom. The lowest BCUT2D eigenvalue weighted by Gasteiger charge is -2.26. The normalized spacial score (nSPS) is 13.7. The molecule has 2 atom stereocenters. The van der Waals surface area contributed by atoms with Crippen LogP contribution in [0.15, 0.2) is 49.1 Å². The number of ether oxygens (including phenoxy) is 2. The average molecular weight is 581 g/mol. The van der Waals surface area contributed by atoms with E-state index in [1.165, 1.54) is 0 Å². The summed E-state index contributed by atoms with van der Waals surface area (Å²) in [4.78, 5) is 13.0. The van der Waals surface area contributed by atoms with Crippen LogP contribution in [0.1, 0.15) is 55.2 Å². The lowest BCUT2D eigenvalue weighted by molar-refractivity contribution is -0.0565. The van der Waals surface area contributed by atoms with E-state index in [2.05, 4.69) is 25.1 Å². The van der Waals surface area contributed by atoms with Gasteiger partial charge in [0.1, 0.15) is 17.6 Å². The Hall–Kier alpha value is -3.74. The number of benzene rings is 1. The first-order chi connectivity index (χ1) is 19.3. The number of aryl methyl sites for hydroxylation is 3. The predicted molar refractivity (Wildman–Crippen MR) is 154 cm³/mol. The highest BCUT2D eigenvalue weighted by Gasteiger charge is 2.36. The maximum atomic E-state index is 14.0. The van der Waals surface area contributed by atoms with Crippen LogP contribution in [0.2, 0.25) is 0 Å². The van der Waals surface area contributed by atoms with Gasteiger partial charge in [-0.2, -0.15) is 0 Å². The molecule has 0 aliphatic carbocycles. The standard InChI is InChI=1S/C29H36N6O5S/c1-18-11-22(15-30-12-18)28-34-33-24(35(28)25-20(3)9-8-10-23(25)39-7)16-41(37,38)21(4)26(40-17-29(5,6)36)27-31-13-19(2)14-32-27/h8-15,21,26,36H,16-17H2,1-7H3/t21-,26+/m0/s1. The summed E-state index contributed by atoms with van der Waals surface area (Å²) < 4.78 is 41.3. The molecule has 4 rings (SSSR count). The molecule has 0 saturated heterocycles. The number of hydrogen-bond acceptors (Lipinski definition) is 10. The number of rotatable bonds is 11. The van der Waals surface area contributed by atoms with Gasteiger partial charge in [-0.15, -0.1) is 10.2 Å². The first-order valence-electron chi connectivity index (χ1n) is 13.1. The van der Waals surface area contributed by atoms with Gasteiger partial charge >= 0.3 is 0 Å². The average Bonchev–Trinajstić information content (AvgIpc) is 3.31. The molecule has 0 aliphatic rings. The predicted octanol–water partition coefficient (Wildman–Crippen LogP) is 3.89. The Morgan fingerprint density at radius 3 is 2.37 bits per heavy atom. The quantitative estimate of drug-likeness (QED) is 0.278. The van der Waals surface area contributed by atoms with E-state index in [9.17, 15) is 13.5 Å². The van der Waals surface area contributed by atoms with Gasteiger partial charge in [-0.25, -0.2) is 18.4 Å². The second-order valence-corrected chi connectivity index (χ2v) is 13.2. The molecule has 0 bridgehead atoms. The minimum absolute atomic E-state index is 0.115. The molecule has 1 aromatic carbocycles. The number of sulfone groups is 1. The number of aliphatic hydroxyl groups is 1. The fraction of sp³-hybridized carbons (Fsp3) is 0.414.